The number of guanidine groups is 1. The van der Waals surface area contributed by atoms with Gasteiger partial charge in [0, 0.05) is 20.6 Å². The summed E-state index contributed by atoms with van der Waals surface area (Å²) in [4.78, 5) is 15.5. The van der Waals surface area contributed by atoms with Crippen LogP contribution in [0.25, 0.3) is 0 Å². The average molecular weight is 377 g/mol. The number of ether oxygens (including phenoxy) is 1. The fraction of sp³-hybridized carbons (Fsp3) is 0.385. The van der Waals surface area contributed by atoms with E-state index in [9.17, 15) is 4.79 Å². The normalized spacial score (nSPS) is 10.4. The van der Waals surface area contributed by atoms with Crippen LogP contribution in [0.15, 0.2) is 29.3 Å². The smallest absolute Gasteiger partial charge is 0.338 e. The number of halogens is 1. The second kappa shape index (κ2) is 9.60. The van der Waals surface area contributed by atoms with Crippen LogP contribution in [0.5, 0.6) is 0 Å². The Labute approximate surface area is 130 Å². The summed E-state index contributed by atoms with van der Waals surface area (Å²) in [5.41, 5.74) is 1.64. The molecule has 19 heavy (non-hydrogen) atoms. The monoisotopic (exact) mass is 377 g/mol. The van der Waals surface area contributed by atoms with Crippen LogP contribution in [0.1, 0.15) is 22.8 Å². The number of hydrogen-bond acceptors (Lipinski definition) is 3. The van der Waals surface area contributed by atoms with Crippen molar-refractivity contribution >= 4 is 35.9 Å². The van der Waals surface area contributed by atoms with Gasteiger partial charge in [-0.15, -0.1) is 24.0 Å². The molecule has 0 unspecified atom stereocenters. The second-order valence-corrected chi connectivity index (χ2v) is 3.59. The third-order valence-corrected chi connectivity index (χ3v) is 2.39. The number of nitrogens with one attached hydrogen (secondary N) is 2. The molecule has 0 fully saturated rings. The quantitative estimate of drug-likeness (QED) is 0.364. The standard InChI is InChI=1S/C13H19N3O2.HI/c1-4-18-12(17)11-7-5-10(6-8-11)9-16-13(14-2)15-3;/h5-8H,4,9H2,1-3H3,(H2,14,15,16);1H. The van der Waals surface area contributed by atoms with Gasteiger partial charge >= 0.3 is 5.97 Å². The first-order valence-electron chi connectivity index (χ1n) is 5.85. The lowest BCUT2D eigenvalue weighted by atomic mass is 10.1. The maximum atomic E-state index is 11.4. The zero-order valence-corrected chi connectivity index (χ0v) is 13.7. The van der Waals surface area contributed by atoms with Gasteiger partial charge in [0.05, 0.1) is 12.2 Å². The van der Waals surface area contributed by atoms with Crippen molar-refractivity contribution in [3.05, 3.63) is 35.4 Å². The number of aliphatic imine (C=N–C) groups is 1. The van der Waals surface area contributed by atoms with Crippen molar-refractivity contribution in [3.63, 3.8) is 0 Å². The van der Waals surface area contributed by atoms with Gasteiger partial charge in [0.25, 0.3) is 0 Å². The summed E-state index contributed by atoms with van der Waals surface area (Å²) in [5, 5.41) is 6.07. The number of carbonyl (C=O) groups excluding carboxylic acids is 1. The molecule has 1 aromatic rings. The third kappa shape index (κ3) is 5.91. The highest BCUT2D eigenvalue weighted by Crippen LogP contribution is 2.05. The molecular formula is C13H20IN3O2. The van der Waals surface area contributed by atoms with E-state index in [-0.39, 0.29) is 29.9 Å². The molecule has 0 atom stereocenters. The lowest BCUT2D eigenvalue weighted by molar-refractivity contribution is 0.0526. The molecule has 1 rings (SSSR count). The minimum absolute atomic E-state index is 0. The van der Waals surface area contributed by atoms with Gasteiger partial charge in [-0.3, -0.25) is 4.99 Å². The van der Waals surface area contributed by atoms with Crippen LogP contribution in [0.4, 0.5) is 0 Å². The van der Waals surface area contributed by atoms with Gasteiger partial charge in [-0.05, 0) is 24.6 Å². The Balaban J connectivity index is 0.00000324. The van der Waals surface area contributed by atoms with Crippen molar-refractivity contribution < 1.29 is 9.53 Å². The topological polar surface area (TPSA) is 62.7 Å². The maximum absolute atomic E-state index is 11.4. The van der Waals surface area contributed by atoms with E-state index in [1.807, 2.05) is 12.1 Å². The van der Waals surface area contributed by atoms with E-state index in [0.717, 1.165) is 11.5 Å². The van der Waals surface area contributed by atoms with Crippen molar-refractivity contribution in [1.82, 2.24) is 10.6 Å². The summed E-state index contributed by atoms with van der Waals surface area (Å²) >= 11 is 0. The third-order valence-electron chi connectivity index (χ3n) is 2.39. The second-order valence-electron chi connectivity index (χ2n) is 3.59. The van der Waals surface area contributed by atoms with E-state index < -0.39 is 0 Å². The van der Waals surface area contributed by atoms with Gasteiger partial charge in [-0.25, -0.2) is 4.79 Å². The summed E-state index contributed by atoms with van der Waals surface area (Å²) < 4.78 is 4.92. The molecule has 0 saturated heterocycles. The first kappa shape index (κ1) is 17.7. The van der Waals surface area contributed by atoms with Crippen molar-refractivity contribution in [3.8, 4) is 0 Å². The Kier molecular flexibility index (Phi) is 8.94. The van der Waals surface area contributed by atoms with E-state index in [2.05, 4.69) is 15.6 Å². The lowest BCUT2D eigenvalue weighted by Crippen LogP contribution is -2.34. The molecule has 0 spiro atoms. The minimum atomic E-state index is -0.289. The molecule has 2 N–H and O–H groups in total. The highest BCUT2D eigenvalue weighted by atomic mass is 127. The number of carbonyl (C=O) groups is 1. The Bertz CT molecular complexity index is 418. The summed E-state index contributed by atoms with van der Waals surface area (Å²) in [7, 11) is 3.52. The lowest BCUT2D eigenvalue weighted by Gasteiger charge is -2.08. The molecule has 0 amide bonds. The number of rotatable bonds is 4. The maximum Gasteiger partial charge on any atom is 0.338 e. The van der Waals surface area contributed by atoms with Gasteiger partial charge in [0.15, 0.2) is 5.96 Å². The van der Waals surface area contributed by atoms with Crippen molar-refractivity contribution in [2.75, 3.05) is 20.7 Å². The Hall–Kier alpha value is -1.31. The van der Waals surface area contributed by atoms with Crippen LogP contribution in [-0.4, -0.2) is 32.6 Å². The van der Waals surface area contributed by atoms with Gasteiger partial charge in [0.1, 0.15) is 0 Å². The zero-order chi connectivity index (χ0) is 13.4. The number of hydrogen-bond donors (Lipinski definition) is 2. The molecule has 1 aromatic carbocycles. The molecule has 0 saturated carbocycles. The molecule has 6 heteroatoms. The molecule has 106 valence electrons. The zero-order valence-electron chi connectivity index (χ0n) is 11.4. The van der Waals surface area contributed by atoms with Gasteiger partial charge in [-0.1, -0.05) is 12.1 Å². The van der Waals surface area contributed by atoms with Crippen LogP contribution in [-0.2, 0) is 11.3 Å². The largest absolute Gasteiger partial charge is 0.462 e. The van der Waals surface area contributed by atoms with Crippen LogP contribution in [0.3, 0.4) is 0 Å². The van der Waals surface area contributed by atoms with Gasteiger partial charge in [-0.2, -0.15) is 0 Å². The van der Waals surface area contributed by atoms with E-state index in [1.54, 1.807) is 33.2 Å². The molecular weight excluding hydrogens is 357 g/mol. The summed E-state index contributed by atoms with van der Waals surface area (Å²) in [6, 6.07) is 7.30. The van der Waals surface area contributed by atoms with E-state index in [1.165, 1.54) is 0 Å². The Morgan fingerprint density at radius 1 is 1.32 bits per heavy atom. The first-order chi connectivity index (χ1) is 8.71. The van der Waals surface area contributed by atoms with Crippen LogP contribution in [0, 0.1) is 0 Å². The number of benzene rings is 1. The highest BCUT2D eigenvalue weighted by molar-refractivity contribution is 14.0. The van der Waals surface area contributed by atoms with Crippen LogP contribution in [0.2, 0.25) is 0 Å². The van der Waals surface area contributed by atoms with Crippen molar-refractivity contribution in [2.24, 2.45) is 4.99 Å². The van der Waals surface area contributed by atoms with E-state index in [0.29, 0.717) is 18.7 Å². The van der Waals surface area contributed by atoms with Crippen LogP contribution >= 0.6 is 24.0 Å². The molecule has 0 aliphatic rings. The molecule has 0 bridgehead atoms. The fourth-order valence-electron chi connectivity index (χ4n) is 1.44. The minimum Gasteiger partial charge on any atom is -0.462 e. The summed E-state index contributed by atoms with van der Waals surface area (Å²) in [6.07, 6.45) is 0. The molecule has 0 aliphatic carbocycles. The molecule has 0 aliphatic heterocycles. The van der Waals surface area contributed by atoms with Crippen molar-refractivity contribution in [2.45, 2.75) is 13.5 Å². The first-order valence-corrected chi connectivity index (χ1v) is 5.85. The number of esters is 1. The fourth-order valence-corrected chi connectivity index (χ4v) is 1.44. The average Bonchev–Trinajstić information content (AvgIpc) is 2.41. The predicted molar refractivity (Wildman–Crippen MR) is 87.1 cm³/mol. The summed E-state index contributed by atoms with van der Waals surface area (Å²) in [5.74, 6) is 0.438. The highest BCUT2D eigenvalue weighted by Gasteiger charge is 2.05. The Morgan fingerprint density at radius 2 is 1.95 bits per heavy atom. The molecule has 0 aromatic heterocycles. The Morgan fingerprint density at radius 3 is 2.42 bits per heavy atom. The van der Waals surface area contributed by atoms with Crippen LogP contribution < -0.4 is 10.6 Å². The molecule has 0 heterocycles. The number of nitrogens with zero attached hydrogens (tertiary/aromatic N) is 1. The van der Waals surface area contributed by atoms with Gasteiger partial charge in [0.2, 0.25) is 0 Å². The summed E-state index contributed by atoms with van der Waals surface area (Å²) in [6.45, 7) is 2.83. The SMILES string of the molecule is CCOC(=O)c1ccc(CNC(=NC)NC)cc1.I. The van der Waals surface area contributed by atoms with E-state index >= 15 is 0 Å². The van der Waals surface area contributed by atoms with Crippen molar-refractivity contribution in [1.29, 1.82) is 0 Å². The molecule has 5 nitrogen and oxygen atoms in total. The van der Waals surface area contributed by atoms with E-state index in [4.69, 9.17) is 4.74 Å². The van der Waals surface area contributed by atoms with Gasteiger partial charge < -0.3 is 15.4 Å². The molecule has 0 radical (unpaired) electrons. The predicted octanol–water partition coefficient (Wildman–Crippen LogP) is 1.78.